The molecule has 2 N–H and O–H groups in total. The molecule has 1 fully saturated rings. The zero-order valence-corrected chi connectivity index (χ0v) is 16.5. The molecule has 2 aromatic carbocycles. The summed E-state index contributed by atoms with van der Waals surface area (Å²) in [5.41, 5.74) is 7.58. The number of nitrogens with two attached hydrogens (primary N) is 1. The van der Waals surface area contributed by atoms with E-state index in [4.69, 9.17) is 5.73 Å². The molecule has 0 aliphatic carbocycles. The Balaban J connectivity index is 1.84. The van der Waals surface area contributed by atoms with Gasteiger partial charge in [-0.05, 0) is 30.2 Å². The average molecular weight is 387 g/mol. The van der Waals surface area contributed by atoms with Crippen LogP contribution in [-0.2, 0) is 10.0 Å². The third-order valence-corrected chi connectivity index (χ3v) is 7.08. The van der Waals surface area contributed by atoms with Crippen LogP contribution in [0.5, 0.6) is 0 Å². The zero-order chi connectivity index (χ0) is 19.6. The number of Topliss-reactive ketones (excluding diaryl/α,β-unsaturated/α-hetero) is 1. The van der Waals surface area contributed by atoms with Gasteiger partial charge in [0.15, 0.2) is 5.78 Å². The van der Waals surface area contributed by atoms with E-state index < -0.39 is 10.0 Å². The van der Waals surface area contributed by atoms with Gasteiger partial charge in [-0.3, -0.25) is 4.79 Å². The highest BCUT2D eigenvalue weighted by Crippen LogP contribution is 2.35. The fraction of sp³-hybridized carbons (Fsp3) is 0.381. The first-order chi connectivity index (χ1) is 12.8. The van der Waals surface area contributed by atoms with Crippen molar-refractivity contribution in [1.29, 1.82) is 0 Å². The van der Waals surface area contributed by atoms with E-state index in [2.05, 4.69) is 0 Å². The van der Waals surface area contributed by atoms with Gasteiger partial charge in [-0.25, -0.2) is 8.42 Å². The normalized spacial score (nSPS) is 20.9. The fourth-order valence-corrected chi connectivity index (χ4v) is 5.14. The van der Waals surface area contributed by atoms with Crippen molar-refractivity contribution in [2.75, 3.05) is 19.6 Å². The number of hydrogen-bond acceptors (Lipinski definition) is 4. The monoisotopic (exact) mass is 386 g/mol. The van der Waals surface area contributed by atoms with Crippen molar-refractivity contribution in [3.63, 3.8) is 0 Å². The molecular weight excluding hydrogens is 360 g/mol. The second kappa shape index (κ2) is 7.92. The van der Waals surface area contributed by atoms with Gasteiger partial charge < -0.3 is 5.73 Å². The van der Waals surface area contributed by atoms with E-state index in [9.17, 15) is 13.2 Å². The number of hydrogen-bond donors (Lipinski definition) is 1. The van der Waals surface area contributed by atoms with Crippen molar-refractivity contribution < 1.29 is 13.2 Å². The predicted octanol–water partition coefficient (Wildman–Crippen LogP) is 2.89. The molecule has 0 radical (unpaired) electrons. The molecule has 27 heavy (non-hydrogen) atoms. The Kier molecular flexibility index (Phi) is 5.79. The summed E-state index contributed by atoms with van der Waals surface area (Å²) in [5, 5.41) is 0. The first-order valence-corrected chi connectivity index (χ1v) is 10.7. The molecule has 1 aliphatic heterocycles. The molecule has 0 spiro atoms. The van der Waals surface area contributed by atoms with Crippen molar-refractivity contribution in [1.82, 2.24) is 4.31 Å². The third-order valence-electron chi connectivity index (χ3n) is 5.24. The Bertz CT molecular complexity index is 893. The molecule has 6 heteroatoms. The number of carbonyl (C=O) groups excluding carboxylic acids is 1. The molecule has 0 amide bonds. The minimum atomic E-state index is -3.62. The lowest BCUT2D eigenvalue weighted by molar-refractivity contribution is 0.0939. The van der Waals surface area contributed by atoms with Gasteiger partial charge in [0.2, 0.25) is 10.0 Å². The van der Waals surface area contributed by atoms with Gasteiger partial charge >= 0.3 is 0 Å². The van der Waals surface area contributed by atoms with Crippen LogP contribution in [0.2, 0.25) is 0 Å². The maximum atomic E-state index is 13.1. The summed E-state index contributed by atoms with van der Waals surface area (Å²) in [7, 11) is -3.62. The first-order valence-electron chi connectivity index (χ1n) is 9.24. The van der Waals surface area contributed by atoms with E-state index in [0.29, 0.717) is 25.2 Å². The van der Waals surface area contributed by atoms with Gasteiger partial charge in [-0.15, -0.1) is 0 Å². The average Bonchev–Trinajstić information content (AvgIpc) is 3.13. The van der Waals surface area contributed by atoms with Crippen LogP contribution in [0.15, 0.2) is 59.5 Å². The zero-order valence-electron chi connectivity index (χ0n) is 15.7. The molecule has 3 rings (SSSR count). The van der Waals surface area contributed by atoms with E-state index in [1.54, 1.807) is 12.1 Å². The van der Waals surface area contributed by atoms with Crippen LogP contribution in [-0.4, -0.2) is 38.1 Å². The van der Waals surface area contributed by atoms with Crippen molar-refractivity contribution in [2.45, 2.75) is 24.7 Å². The maximum absolute atomic E-state index is 13.1. The SMILES string of the molecule is CC(C)C(=O)c1ccc(S(=O)(=O)N2C[C@@H](CN)[C@H](c3ccccc3)C2)cc1. The smallest absolute Gasteiger partial charge is 0.243 e. The maximum Gasteiger partial charge on any atom is 0.243 e. The van der Waals surface area contributed by atoms with Crippen LogP contribution in [0.25, 0.3) is 0 Å². The number of sulfonamides is 1. The number of benzene rings is 2. The summed E-state index contributed by atoms with van der Waals surface area (Å²) in [5.74, 6) is 0.0622. The molecule has 1 aliphatic rings. The highest BCUT2D eigenvalue weighted by atomic mass is 32.2. The molecule has 1 saturated heterocycles. The summed E-state index contributed by atoms with van der Waals surface area (Å²) < 4.78 is 27.7. The molecular formula is C21H26N2O3S. The Morgan fingerprint density at radius 3 is 2.26 bits per heavy atom. The molecule has 0 unspecified atom stereocenters. The van der Waals surface area contributed by atoms with Crippen LogP contribution in [0.1, 0.15) is 35.7 Å². The van der Waals surface area contributed by atoms with E-state index in [0.717, 1.165) is 5.56 Å². The van der Waals surface area contributed by atoms with Crippen molar-refractivity contribution >= 4 is 15.8 Å². The van der Waals surface area contributed by atoms with Crippen LogP contribution in [0, 0.1) is 11.8 Å². The number of carbonyl (C=O) groups is 1. The minimum absolute atomic E-state index is 0.00691. The van der Waals surface area contributed by atoms with Gasteiger partial charge in [-0.2, -0.15) is 4.31 Å². The van der Waals surface area contributed by atoms with E-state index in [1.165, 1.54) is 16.4 Å². The third kappa shape index (κ3) is 3.98. The van der Waals surface area contributed by atoms with Gasteiger partial charge in [0.1, 0.15) is 0 Å². The van der Waals surface area contributed by atoms with Crippen LogP contribution < -0.4 is 5.73 Å². The lowest BCUT2D eigenvalue weighted by Crippen LogP contribution is -2.30. The topological polar surface area (TPSA) is 80.5 Å². The molecule has 1 heterocycles. The minimum Gasteiger partial charge on any atom is -0.330 e. The van der Waals surface area contributed by atoms with Gasteiger partial charge in [-0.1, -0.05) is 56.3 Å². The summed E-state index contributed by atoms with van der Waals surface area (Å²) in [4.78, 5) is 12.3. The van der Waals surface area contributed by atoms with E-state index >= 15 is 0 Å². The molecule has 0 saturated carbocycles. The molecule has 144 valence electrons. The molecule has 0 aromatic heterocycles. The summed E-state index contributed by atoms with van der Waals surface area (Å²) in [6.07, 6.45) is 0. The van der Waals surface area contributed by atoms with Gasteiger partial charge in [0, 0.05) is 30.5 Å². The Morgan fingerprint density at radius 1 is 1.07 bits per heavy atom. The van der Waals surface area contributed by atoms with E-state index in [-0.39, 0.29) is 28.4 Å². The largest absolute Gasteiger partial charge is 0.330 e. The lowest BCUT2D eigenvalue weighted by Gasteiger charge is -2.17. The van der Waals surface area contributed by atoms with Crippen molar-refractivity contribution in [2.24, 2.45) is 17.6 Å². The second-order valence-corrected chi connectivity index (χ2v) is 9.32. The number of ketones is 1. The predicted molar refractivity (Wildman–Crippen MR) is 106 cm³/mol. The summed E-state index contributed by atoms with van der Waals surface area (Å²) in [6, 6.07) is 16.2. The number of rotatable bonds is 6. The molecule has 2 aromatic rings. The fourth-order valence-electron chi connectivity index (χ4n) is 3.62. The molecule has 5 nitrogen and oxygen atoms in total. The quantitative estimate of drug-likeness (QED) is 0.774. The highest BCUT2D eigenvalue weighted by molar-refractivity contribution is 7.89. The Hall–Kier alpha value is -2.02. The standard InChI is InChI=1S/C21H26N2O3S/c1-15(2)21(24)17-8-10-19(11-9-17)27(25,26)23-13-18(12-22)20(14-23)16-6-4-3-5-7-16/h3-11,15,18,20H,12-14,22H2,1-2H3/t18-,20+/m1/s1. The summed E-state index contributed by atoms with van der Waals surface area (Å²) in [6.45, 7) is 4.92. The van der Waals surface area contributed by atoms with Crippen molar-refractivity contribution in [3.05, 3.63) is 65.7 Å². The van der Waals surface area contributed by atoms with Crippen LogP contribution in [0.3, 0.4) is 0 Å². The Labute approximate surface area is 161 Å². The second-order valence-electron chi connectivity index (χ2n) is 7.38. The van der Waals surface area contributed by atoms with Crippen LogP contribution in [0.4, 0.5) is 0 Å². The van der Waals surface area contributed by atoms with Crippen LogP contribution >= 0.6 is 0 Å². The Morgan fingerprint density at radius 2 is 1.70 bits per heavy atom. The van der Waals surface area contributed by atoms with Gasteiger partial charge in [0.05, 0.1) is 4.90 Å². The highest BCUT2D eigenvalue weighted by Gasteiger charge is 2.39. The lowest BCUT2D eigenvalue weighted by atomic mass is 9.89. The van der Waals surface area contributed by atoms with E-state index in [1.807, 2.05) is 44.2 Å². The first kappa shape index (κ1) is 19.7. The summed E-state index contributed by atoms with van der Waals surface area (Å²) >= 11 is 0. The number of nitrogens with zero attached hydrogens (tertiary/aromatic N) is 1. The van der Waals surface area contributed by atoms with Gasteiger partial charge in [0.25, 0.3) is 0 Å². The van der Waals surface area contributed by atoms with Crippen molar-refractivity contribution in [3.8, 4) is 0 Å². The molecule has 0 bridgehead atoms. The molecule has 2 atom stereocenters.